The topological polar surface area (TPSA) is 56.2 Å². The highest BCUT2D eigenvalue weighted by Gasteiger charge is 2.18. The van der Waals surface area contributed by atoms with Crippen LogP contribution in [0.25, 0.3) is 11.1 Å². The summed E-state index contributed by atoms with van der Waals surface area (Å²) in [5.41, 5.74) is 2.80. The first kappa shape index (κ1) is 13.8. The molecule has 5 heteroatoms. The van der Waals surface area contributed by atoms with Crippen molar-refractivity contribution in [3.63, 3.8) is 0 Å². The lowest BCUT2D eigenvalue weighted by atomic mass is 10.1. The van der Waals surface area contributed by atoms with Gasteiger partial charge >= 0.3 is 0 Å². The minimum atomic E-state index is -0.0405. The molecule has 2 aromatic rings. The minimum absolute atomic E-state index is 0.0405. The molecule has 0 radical (unpaired) electrons. The van der Waals surface area contributed by atoms with E-state index in [0.717, 1.165) is 30.7 Å². The van der Waals surface area contributed by atoms with Gasteiger partial charge in [0.15, 0.2) is 0 Å². The van der Waals surface area contributed by atoms with Crippen molar-refractivity contribution in [1.29, 1.82) is 0 Å². The third-order valence-corrected chi connectivity index (χ3v) is 3.70. The molecule has 1 aliphatic rings. The number of nitrogens with zero attached hydrogens (tertiary/aromatic N) is 2. The molecule has 1 atom stereocenters. The molecule has 1 aromatic heterocycles. The fourth-order valence-corrected chi connectivity index (χ4v) is 2.42. The third kappa shape index (κ3) is 3.13. The lowest BCUT2D eigenvalue weighted by molar-refractivity contribution is 0.0930. The Morgan fingerprint density at radius 3 is 2.81 bits per heavy atom. The van der Waals surface area contributed by atoms with Gasteiger partial charge in [-0.05, 0) is 31.0 Å². The van der Waals surface area contributed by atoms with E-state index in [2.05, 4.69) is 17.3 Å². The standard InChI is InChI=1S/C16H19N3O2/c1-2-19-10-14(9-17-19)12-3-5-13(6-4-12)16(20)18-15-7-8-21-11-15/h3-6,9-10,15H,2,7-8,11H2,1H3,(H,18,20)/t15-/m0/s1. The zero-order valence-corrected chi connectivity index (χ0v) is 12.1. The van der Waals surface area contributed by atoms with Crippen LogP contribution in [0.5, 0.6) is 0 Å². The van der Waals surface area contributed by atoms with Crippen LogP contribution in [0.2, 0.25) is 0 Å². The number of rotatable bonds is 4. The zero-order valence-electron chi connectivity index (χ0n) is 12.1. The average Bonchev–Trinajstić information content (AvgIpc) is 3.18. The average molecular weight is 285 g/mol. The number of hydrogen-bond acceptors (Lipinski definition) is 3. The molecule has 1 N–H and O–H groups in total. The van der Waals surface area contributed by atoms with E-state index in [1.165, 1.54) is 0 Å². The van der Waals surface area contributed by atoms with Crippen LogP contribution in [-0.2, 0) is 11.3 Å². The van der Waals surface area contributed by atoms with Crippen LogP contribution in [0, 0.1) is 0 Å². The first-order valence-corrected chi connectivity index (χ1v) is 7.28. The number of amides is 1. The lowest BCUT2D eigenvalue weighted by Crippen LogP contribution is -2.34. The first-order chi connectivity index (χ1) is 10.3. The molecule has 0 spiro atoms. The predicted octanol–water partition coefficient (Wildman–Crippen LogP) is 2.09. The maximum absolute atomic E-state index is 12.1. The van der Waals surface area contributed by atoms with Crippen LogP contribution in [0.3, 0.4) is 0 Å². The van der Waals surface area contributed by atoms with Gasteiger partial charge in [0, 0.05) is 30.5 Å². The van der Waals surface area contributed by atoms with E-state index in [4.69, 9.17) is 4.74 Å². The number of benzene rings is 1. The summed E-state index contributed by atoms with van der Waals surface area (Å²) in [5, 5.41) is 7.25. The Morgan fingerprint density at radius 1 is 1.38 bits per heavy atom. The van der Waals surface area contributed by atoms with Gasteiger partial charge in [0.25, 0.3) is 5.91 Å². The summed E-state index contributed by atoms with van der Waals surface area (Å²) in [6.45, 7) is 4.24. The number of carbonyl (C=O) groups is 1. The van der Waals surface area contributed by atoms with Crippen LogP contribution < -0.4 is 5.32 Å². The summed E-state index contributed by atoms with van der Waals surface area (Å²) in [7, 11) is 0. The van der Waals surface area contributed by atoms with Gasteiger partial charge in [-0.3, -0.25) is 9.48 Å². The van der Waals surface area contributed by atoms with Gasteiger partial charge in [-0.15, -0.1) is 0 Å². The van der Waals surface area contributed by atoms with Gasteiger partial charge in [-0.25, -0.2) is 0 Å². The second kappa shape index (κ2) is 6.10. The molecule has 0 saturated carbocycles. The normalized spacial score (nSPS) is 17.9. The fraction of sp³-hybridized carbons (Fsp3) is 0.375. The van der Waals surface area contributed by atoms with Crippen molar-refractivity contribution < 1.29 is 9.53 Å². The molecule has 3 rings (SSSR count). The van der Waals surface area contributed by atoms with E-state index in [1.54, 1.807) is 0 Å². The van der Waals surface area contributed by atoms with E-state index in [1.807, 2.05) is 41.3 Å². The Morgan fingerprint density at radius 2 is 2.19 bits per heavy atom. The van der Waals surface area contributed by atoms with E-state index < -0.39 is 0 Å². The molecule has 21 heavy (non-hydrogen) atoms. The van der Waals surface area contributed by atoms with Crippen LogP contribution in [0.1, 0.15) is 23.7 Å². The Balaban J connectivity index is 1.69. The van der Waals surface area contributed by atoms with Crippen molar-refractivity contribution in [2.45, 2.75) is 25.9 Å². The van der Waals surface area contributed by atoms with Crippen LogP contribution >= 0.6 is 0 Å². The van der Waals surface area contributed by atoms with E-state index in [0.29, 0.717) is 12.2 Å². The number of hydrogen-bond donors (Lipinski definition) is 1. The van der Waals surface area contributed by atoms with Crippen LogP contribution in [0.4, 0.5) is 0 Å². The van der Waals surface area contributed by atoms with Gasteiger partial charge in [0.05, 0.1) is 18.8 Å². The molecule has 1 aromatic carbocycles. The maximum Gasteiger partial charge on any atom is 0.251 e. The summed E-state index contributed by atoms with van der Waals surface area (Å²) in [6, 6.07) is 7.75. The highest BCUT2D eigenvalue weighted by Crippen LogP contribution is 2.19. The highest BCUT2D eigenvalue weighted by molar-refractivity contribution is 5.94. The number of carbonyl (C=O) groups excluding carboxylic acids is 1. The second-order valence-corrected chi connectivity index (χ2v) is 5.20. The van der Waals surface area contributed by atoms with E-state index in [-0.39, 0.29) is 11.9 Å². The number of aryl methyl sites for hydroxylation is 1. The maximum atomic E-state index is 12.1. The zero-order chi connectivity index (χ0) is 14.7. The van der Waals surface area contributed by atoms with Crippen molar-refractivity contribution in [2.75, 3.05) is 13.2 Å². The second-order valence-electron chi connectivity index (χ2n) is 5.20. The number of ether oxygens (including phenoxy) is 1. The van der Waals surface area contributed by atoms with Crippen molar-refractivity contribution >= 4 is 5.91 Å². The quantitative estimate of drug-likeness (QED) is 0.936. The van der Waals surface area contributed by atoms with Gasteiger partial charge in [0.2, 0.25) is 0 Å². The molecule has 110 valence electrons. The SMILES string of the molecule is CCn1cc(-c2ccc(C(=O)N[C@H]3CCOC3)cc2)cn1. The van der Waals surface area contributed by atoms with Crippen molar-refractivity contribution in [1.82, 2.24) is 15.1 Å². The molecular weight excluding hydrogens is 266 g/mol. The van der Waals surface area contributed by atoms with Crippen molar-refractivity contribution in [3.05, 3.63) is 42.2 Å². The van der Waals surface area contributed by atoms with E-state index >= 15 is 0 Å². The lowest BCUT2D eigenvalue weighted by Gasteiger charge is -2.10. The smallest absolute Gasteiger partial charge is 0.251 e. The largest absolute Gasteiger partial charge is 0.379 e. The molecule has 1 aliphatic heterocycles. The molecule has 0 aliphatic carbocycles. The van der Waals surface area contributed by atoms with Gasteiger partial charge in [0.1, 0.15) is 0 Å². The molecule has 5 nitrogen and oxygen atoms in total. The molecule has 1 amide bonds. The van der Waals surface area contributed by atoms with Gasteiger partial charge < -0.3 is 10.1 Å². The fourth-order valence-electron chi connectivity index (χ4n) is 2.42. The molecular formula is C16H19N3O2. The van der Waals surface area contributed by atoms with Gasteiger partial charge in [-0.2, -0.15) is 5.10 Å². The number of aromatic nitrogens is 2. The first-order valence-electron chi connectivity index (χ1n) is 7.28. The Hall–Kier alpha value is -2.14. The third-order valence-electron chi connectivity index (χ3n) is 3.70. The Labute approximate surface area is 123 Å². The summed E-state index contributed by atoms with van der Waals surface area (Å²) < 4.78 is 7.14. The summed E-state index contributed by atoms with van der Waals surface area (Å²) >= 11 is 0. The van der Waals surface area contributed by atoms with E-state index in [9.17, 15) is 4.79 Å². The van der Waals surface area contributed by atoms with Crippen LogP contribution in [-0.4, -0.2) is 34.9 Å². The summed E-state index contributed by atoms with van der Waals surface area (Å²) in [5.74, 6) is -0.0405. The molecule has 1 fully saturated rings. The Kier molecular flexibility index (Phi) is 4.01. The molecule has 0 bridgehead atoms. The van der Waals surface area contributed by atoms with Gasteiger partial charge in [-0.1, -0.05) is 12.1 Å². The minimum Gasteiger partial charge on any atom is -0.379 e. The summed E-state index contributed by atoms with van der Waals surface area (Å²) in [6.07, 6.45) is 4.74. The Bertz CT molecular complexity index is 613. The molecule has 1 saturated heterocycles. The summed E-state index contributed by atoms with van der Waals surface area (Å²) in [4.78, 5) is 12.1. The molecule has 2 heterocycles. The predicted molar refractivity (Wildman–Crippen MR) is 80.0 cm³/mol. The van der Waals surface area contributed by atoms with Crippen molar-refractivity contribution in [3.8, 4) is 11.1 Å². The monoisotopic (exact) mass is 285 g/mol. The highest BCUT2D eigenvalue weighted by atomic mass is 16.5. The number of nitrogens with one attached hydrogen (secondary N) is 1. The molecule has 0 unspecified atom stereocenters. The van der Waals surface area contributed by atoms with Crippen LogP contribution in [0.15, 0.2) is 36.7 Å². The van der Waals surface area contributed by atoms with Crippen molar-refractivity contribution in [2.24, 2.45) is 0 Å².